The molecule has 0 aromatic carbocycles. The molecule has 0 aliphatic carbocycles. The van der Waals surface area contributed by atoms with Gasteiger partial charge in [0.25, 0.3) is 0 Å². The number of likely N-dealkylation sites (tertiary alicyclic amines) is 1. The van der Waals surface area contributed by atoms with E-state index in [2.05, 4.69) is 5.32 Å². The lowest BCUT2D eigenvalue weighted by Crippen LogP contribution is -2.48. The third-order valence-corrected chi connectivity index (χ3v) is 3.16. The maximum Gasteiger partial charge on any atom is 0.326 e. The number of carbonyl (C=O) groups is 2. The topological polar surface area (TPSA) is 78.9 Å². The van der Waals surface area contributed by atoms with Crippen molar-refractivity contribution >= 4 is 12.0 Å². The van der Waals surface area contributed by atoms with E-state index in [0.29, 0.717) is 13.1 Å². The molecule has 17 heavy (non-hydrogen) atoms. The van der Waals surface area contributed by atoms with Crippen LogP contribution >= 0.6 is 0 Å². The SMILES string of the molecule is COC(C)CNC(=O)N1CCC(C)C1C(=O)O. The van der Waals surface area contributed by atoms with Gasteiger partial charge in [0, 0.05) is 20.2 Å². The first-order chi connectivity index (χ1) is 7.97. The van der Waals surface area contributed by atoms with Crippen LogP contribution < -0.4 is 5.32 Å². The van der Waals surface area contributed by atoms with Crippen LogP contribution in [0.25, 0.3) is 0 Å². The van der Waals surface area contributed by atoms with E-state index in [9.17, 15) is 9.59 Å². The van der Waals surface area contributed by atoms with Crippen molar-refractivity contribution in [1.29, 1.82) is 0 Å². The van der Waals surface area contributed by atoms with Crippen LogP contribution in [0.15, 0.2) is 0 Å². The maximum absolute atomic E-state index is 11.8. The number of nitrogens with one attached hydrogen (secondary N) is 1. The second kappa shape index (κ2) is 5.86. The molecule has 0 aromatic heterocycles. The molecule has 0 saturated carbocycles. The minimum atomic E-state index is -0.940. The van der Waals surface area contributed by atoms with Crippen molar-refractivity contribution < 1.29 is 19.4 Å². The van der Waals surface area contributed by atoms with Gasteiger partial charge in [-0.25, -0.2) is 9.59 Å². The van der Waals surface area contributed by atoms with Crippen LogP contribution in [0.1, 0.15) is 20.3 Å². The summed E-state index contributed by atoms with van der Waals surface area (Å²) in [5.74, 6) is -0.942. The first kappa shape index (κ1) is 13.8. The number of carboxylic acids is 1. The number of nitrogens with zero attached hydrogens (tertiary/aromatic N) is 1. The van der Waals surface area contributed by atoms with Gasteiger partial charge in [-0.1, -0.05) is 6.92 Å². The summed E-state index contributed by atoms with van der Waals surface area (Å²) in [6.07, 6.45) is 0.645. The number of rotatable bonds is 4. The Hall–Kier alpha value is -1.30. The number of hydrogen-bond acceptors (Lipinski definition) is 3. The molecule has 3 atom stereocenters. The van der Waals surface area contributed by atoms with Crippen molar-refractivity contribution in [2.24, 2.45) is 5.92 Å². The summed E-state index contributed by atoms with van der Waals surface area (Å²) in [4.78, 5) is 24.3. The van der Waals surface area contributed by atoms with E-state index in [1.54, 1.807) is 7.11 Å². The van der Waals surface area contributed by atoms with E-state index < -0.39 is 12.0 Å². The molecule has 2 amide bonds. The summed E-state index contributed by atoms with van der Waals surface area (Å²) < 4.78 is 5.01. The van der Waals surface area contributed by atoms with Crippen LogP contribution in [0.5, 0.6) is 0 Å². The van der Waals surface area contributed by atoms with Gasteiger partial charge in [0.05, 0.1) is 6.10 Å². The smallest absolute Gasteiger partial charge is 0.326 e. The minimum Gasteiger partial charge on any atom is -0.480 e. The van der Waals surface area contributed by atoms with Crippen LogP contribution in [0.4, 0.5) is 4.79 Å². The van der Waals surface area contributed by atoms with Gasteiger partial charge in [-0.2, -0.15) is 0 Å². The van der Waals surface area contributed by atoms with Crippen molar-refractivity contribution in [3.8, 4) is 0 Å². The van der Waals surface area contributed by atoms with Crippen molar-refractivity contribution in [2.45, 2.75) is 32.4 Å². The number of amides is 2. The summed E-state index contributed by atoms with van der Waals surface area (Å²) in [6.45, 7) is 4.56. The van der Waals surface area contributed by atoms with Crippen LogP contribution in [-0.4, -0.2) is 54.4 Å². The molecule has 1 aliphatic heterocycles. The highest BCUT2D eigenvalue weighted by Gasteiger charge is 2.39. The largest absolute Gasteiger partial charge is 0.480 e. The summed E-state index contributed by atoms with van der Waals surface area (Å²) in [6, 6.07) is -1.04. The molecule has 1 heterocycles. The lowest BCUT2D eigenvalue weighted by Gasteiger charge is -2.24. The number of methoxy groups -OCH3 is 1. The van der Waals surface area contributed by atoms with E-state index in [0.717, 1.165) is 6.42 Å². The Kier molecular flexibility index (Phi) is 4.74. The van der Waals surface area contributed by atoms with Crippen molar-refractivity contribution in [3.63, 3.8) is 0 Å². The van der Waals surface area contributed by atoms with E-state index in [4.69, 9.17) is 9.84 Å². The molecule has 0 aromatic rings. The second-order valence-electron chi connectivity index (χ2n) is 4.47. The number of aliphatic carboxylic acids is 1. The predicted octanol–water partition coefficient (Wildman–Crippen LogP) is 0.526. The molecular weight excluding hydrogens is 224 g/mol. The Morgan fingerprint density at radius 3 is 2.76 bits per heavy atom. The number of urea groups is 1. The number of hydrogen-bond donors (Lipinski definition) is 2. The molecular formula is C11H20N2O4. The van der Waals surface area contributed by atoms with Crippen LogP contribution in [0, 0.1) is 5.92 Å². The van der Waals surface area contributed by atoms with E-state index in [-0.39, 0.29) is 18.1 Å². The summed E-state index contributed by atoms with van der Waals surface area (Å²) >= 11 is 0. The molecule has 1 saturated heterocycles. The van der Waals surface area contributed by atoms with Gasteiger partial charge in [0.2, 0.25) is 0 Å². The highest BCUT2D eigenvalue weighted by Crippen LogP contribution is 2.23. The fourth-order valence-corrected chi connectivity index (χ4v) is 1.97. The van der Waals surface area contributed by atoms with Gasteiger partial charge < -0.3 is 20.1 Å². The number of carbonyl (C=O) groups excluding carboxylic acids is 1. The Bertz CT molecular complexity index is 295. The Morgan fingerprint density at radius 2 is 2.24 bits per heavy atom. The monoisotopic (exact) mass is 244 g/mol. The molecule has 1 aliphatic rings. The molecule has 2 N–H and O–H groups in total. The highest BCUT2D eigenvalue weighted by atomic mass is 16.5. The zero-order valence-electron chi connectivity index (χ0n) is 10.5. The Labute approximate surface area is 101 Å². The van der Waals surface area contributed by atoms with Crippen molar-refractivity contribution in [3.05, 3.63) is 0 Å². The summed E-state index contributed by atoms with van der Waals surface area (Å²) in [7, 11) is 1.56. The fourth-order valence-electron chi connectivity index (χ4n) is 1.97. The van der Waals surface area contributed by atoms with E-state index in [1.165, 1.54) is 4.90 Å². The maximum atomic E-state index is 11.8. The molecule has 1 rings (SSSR count). The third kappa shape index (κ3) is 3.33. The normalized spacial score (nSPS) is 25.7. The van der Waals surface area contributed by atoms with Gasteiger partial charge in [-0.15, -0.1) is 0 Å². The second-order valence-corrected chi connectivity index (χ2v) is 4.47. The standard InChI is InChI=1S/C11H20N2O4/c1-7-4-5-13(9(7)10(14)15)11(16)12-6-8(2)17-3/h7-9H,4-6H2,1-3H3,(H,12,16)(H,14,15). The quantitative estimate of drug-likeness (QED) is 0.756. The molecule has 6 nitrogen and oxygen atoms in total. The van der Waals surface area contributed by atoms with Crippen LogP contribution in [0.3, 0.4) is 0 Å². The first-order valence-electron chi connectivity index (χ1n) is 5.77. The summed E-state index contributed by atoms with van der Waals surface area (Å²) in [5, 5.41) is 11.8. The van der Waals surface area contributed by atoms with Gasteiger partial charge in [0.15, 0.2) is 0 Å². The highest BCUT2D eigenvalue weighted by molar-refractivity contribution is 5.83. The summed E-state index contributed by atoms with van der Waals surface area (Å²) in [5.41, 5.74) is 0. The van der Waals surface area contributed by atoms with E-state index in [1.807, 2.05) is 13.8 Å². The van der Waals surface area contributed by atoms with Gasteiger partial charge in [0.1, 0.15) is 6.04 Å². The Balaban J connectivity index is 2.54. The molecule has 1 fully saturated rings. The van der Waals surface area contributed by atoms with Crippen LogP contribution in [0.2, 0.25) is 0 Å². The number of carboxylic acid groups (broad SMARTS) is 1. The molecule has 3 unspecified atom stereocenters. The molecule has 0 spiro atoms. The molecule has 98 valence electrons. The van der Waals surface area contributed by atoms with Gasteiger partial charge >= 0.3 is 12.0 Å². The van der Waals surface area contributed by atoms with E-state index >= 15 is 0 Å². The van der Waals surface area contributed by atoms with Crippen molar-refractivity contribution in [2.75, 3.05) is 20.2 Å². The molecule has 0 bridgehead atoms. The van der Waals surface area contributed by atoms with Crippen molar-refractivity contribution in [1.82, 2.24) is 10.2 Å². The zero-order valence-corrected chi connectivity index (χ0v) is 10.5. The average molecular weight is 244 g/mol. The average Bonchev–Trinajstić information content (AvgIpc) is 2.67. The van der Waals surface area contributed by atoms with Gasteiger partial charge in [-0.05, 0) is 19.3 Å². The molecule has 0 radical (unpaired) electrons. The predicted molar refractivity (Wildman–Crippen MR) is 61.8 cm³/mol. The fraction of sp³-hybridized carbons (Fsp3) is 0.818. The third-order valence-electron chi connectivity index (χ3n) is 3.16. The molecule has 6 heteroatoms. The zero-order chi connectivity index (χ0) is 13.0. The first-order valence-corrected chi connectivity index (χ1v) is 5.77. The lowest BCUT2D eigenvalue weighted by atomic mass is 10.0. The van der Waals surface area contributed by atoms with Crippen LogP contribution in [-0.2, 0) is 9.53 Å². The minimum absolute atomic E-state index is 0.00176. The van der Waals surface area contributed by atoms with Gasteiger partial charge in [-0.3, -0.25) is 0 Å². The number of ether oxygens (including phenoxy) is 1. The Morgan fingerprint density at radius 1 is 1.59 bits per heavy atom. The lowest BCUT2D eigenvalue weighted by molar-refractivity contribution is -0.142.